The summed E-state index contributed by atoms with van der Waals surface area (Å²) in [5.41, 5.74) is 2.35. The lowest BCUT2D eigenvalue weighted by atomic mass is 10.0. The van der Waals surface area contributed by atoms with E-state index in [0.29, 0.717) is 6.04 Å². The molecule has 0 amide bonds. The van der Waals surface area contributed by atoms with Crippen LogP contribution in [0.1, 0.15) is 18.5 Å². The van der Waals surface area contributed by atoms with Crippen LogP contribution in [-0.4, -0.2) is 12.0 Å². The molecule has 72 valence electrons. The second-order valence-electron chi connectivity index (χ2n) is 3.43. The Morgan fingerprint density at radius 3 is 2.79 bits per heavy atom. The van der Waals surface area contributed by atoms with E-state index in [0.717, 1.165) is 5.52 Å². The van der Waals surface area contributed by atoms with E-state index in [9.17, 15) is 0 Å². The fourth-order valence-electron chi connectivity index (χ4n) is 1.63. The molecule has 1 unspecified atom stereocenters. The molecule has 1 aromatic carbocycles. The number of pyridine rings is 1. The van der Waals surface area contributed by atoms with Gasteiger partial charge >= 0.3 is 0 Å². The van der Waals surface area contributed by atoms with Gasteiger partial charge in [0, 0.05) is 17.6 Å². The number of fused-ring (bicyclic) bond motifs is 1. The molecule has 1 N–H and O–H groups in total. The van der Waals surface area contributed by atoms with Gasteiger partial charge in [-0.1, -0.05) is 24.3 Å². The van der Waals surface area contributed by atoms with Gasteiger partial charge in [-0.2, -0.15) is 0 Å². The molecule has 0 aliphatic heterocycles. The first kappa shape index (κ1) is 9.16. The molecule has 0 aliphatic carbocycles. The van der Waals surface area contributed by atoms with E-state index >= 15 is 0 Å². The average molecular weight is 186 g/mol. The van der Waals surface area contributed by atoms with Gasteiger partial charge in [0.1, 0.15) is 0 Å². The summed E-state index contributed by atoms with van der Waals surface area (Å²) in [7, 11) is 1.96. The van der Waals surface area contributed by atoms with Crippen molar-refractivity contribution in [3.63, 3.8) is 0 Å². The van der Waals surface area contributed by atoms with E-state index in [1.807, 2.05) is 19.3 Å². The predicted molar refractivity (Wildman–Crippen MR) is 59.2 cm³/mol. The zero-order valence-electron chi connectivity index (χ0n) is 8.49. The number of rotatable bonds is 2. The number of para-hydroxylation sites is 1. The Morgan fingerprint density at radius 2 is 2.00 bits per heavy atom. The van der Waals surface area contributed by atoms with E-state index < -0.39 is 0 Å². The Bertz CT molecular complexity index is 432. The normalized spacial score (nSPS) is 13.0. The first-order valence-corrected chi connectivity index (χ1v) is 4.84. The first-order chi connectivity index (χ1) is 6.83. The number of nitrogens with one attached hydrogen (secondary N) is 1. The summed E-state index contributed by atoms with van der Waals surface area (Å²) in [4.78, 5) is 4.41. The third kappa shape index (κ3) is 1.49. The van der Waals surface area contributed by atoms with Crippen molar-refractivity contribution in [1.29, 1.82) is 0 Å². The van der Waals surface area contributed by atoms with Gasteiger partial charge in [-0.15, -0.1) is 0 Å². The predicted octanol–water partition coefficient (Wildman–Crippen LogP) is 2.52. The number of nitrogens with zero attached hydrogens (tertiary/aromatic N) is 1. The van der Waals surface area contributed by atoms with Gasteiger partial charge in [0.05, 0.1) is 5.52 Å². The summed E-state index contributed by atoms with van der Waals surface area (Å²) in [6, 6.07) is 10.7. The first-order valence-electron chi connectivity index (χ1n) is 4.84. The van der Waals surface area contributed by atoms with Crippen LogP contribution in [0.25, 0.3) is 10.9 Å². The maximum atomic E-state index is 4.41. The van der Waals surface area contributed by atoms with Gasteiger partial charge in [0.2, 0.25) is 0 Å². The van der Waals surface area contributed by atoms with Crippen molar-refractivity contribution in [3.8, 4) is 0 Å². The van der Waals surface area contributed by atoms with Crippen LogP contribution in [0.2, 0.25) is 0 Å². The summed E-state index contributed by atoms with van der Waals surface area (Å²) < 4.78 is 0. The molecule has 0 spiro atoms. The van der Waals surface area contributed by atoms with Crippen molar-refractivity contribution in [2.45, 2.75) is 13.0 Å². The van der Waals surface area contributed by atoms with Crippen molar-refractivity contribution in [1.82, 2.24) is 10.3 Å². The molecule has 1 heterocycles. The van der Waals surface area contributed by atoms with Crippen LogP contribution in [0, 0.1) is 0 Å². The van der Waals surface area contributed by atoms with Crippen LogP contribution >= 0.6 is 0 Å². The minimum Gasteiger partial charge on any atom is -0.313 e. The summed E-state index contributed by atoms with van der Waals surface area (Å²) in [5, 5.41) is 4.43. The molecule has 2 aromatic rings. The molecular weight excluding hydrogens is 172 g/mol. The maximum Gasteiger partial charge on any atom is 0.0749 e. The van der Waals surface area contributed by atoms with E-state index in [4.69, 9.17) is 0 Å². The highest BCUT2D eigenvalue weighted by atomic mass is 14.9. The SMILES string of the molecule is CNC(C)c1cccc2cccnc12. The van der Waals surface area contributed by atoms with Crippen LogP contribution in [0.5, 0.6) is 0 Å². The van der Waals surface area contributed by atoms with Crippen molar-refractivity contribution in [2.75, 3.05) is 7.05 Å². The Kier molecular flexibility index (Phi) is 2.46. The Balaban J connectivity index is 2.65. The lowest BCUT2D eigenvalue weighted by Crippen LogP contribution is -2.12. The largest absolute Gasteiger partial charge is 0.313 e. The third-order valence-electron chi connectivity index (χ3n) is 2.56. The molecule has 14 heavy (non-hydrogen) atoms. The minimum atomic E-state index is 0.341. The van der Waals surface area contributed by atoms with E-state index in [-0.39, 0.29) is 0 Å². The molecule has 0 aliphatic rings. The molecule has 2 nitrogen and oxygen atoms in total. The van der Waals surface area contributed by atoms with E-state index in [1.54, 1.807) is 0 Å². The molecule has 2 heteroatoms. The smallest absolute Gasteiger partial charge is 0.0749 e. The average Bonchev–Trinajstić information content (AvgIpc) is 2.27. The second kappa shape index (κ2) is 3.76. The number of benzene rings is 1. The summed E-state index contributed by atoms with van der Waals surface area (Å²) in [6.45, 7) is 2.14. The van der Waals surface area contributed by atoms with Gasteiger partial charge in [0.25, 0.3) is 0 Å². The lowest BCUT2D eigenvalue weighted by Gasteiger charge is -2.12. The van der Waals surface area contributed by atoms with Gasteiger partial charge in [-0.3, -0.25) is 4.98 Å². The van der Waals surface area contributed by atoms with Crippen LogP contribution in [0.15, 0.2) is 36.5 Å². The van der Waals surface area contributed by atoms with Crippen molar-refractivity contribution in [3.05, 3.63) is 42.1 Å². The maximum absolute atomic E-state index is 4.41. The number of aromatic nitrogens is 1. The molecular formula is C12H14N2. The Labute approximate surface area is 84.0 Å². The van der Waals surface area contributed by atoms with Crippen LogP contribution in [0.4, 0.5) is 0 Å². The van der Waals surface area contributed by atoms with E-state index in [2.05, 4.69) is 41.5 Å². The fraction of sp³-hybridized carbons (Fsp3) is 0.250. The quantitative estimate of drug-likeness (QED) is 0.779. The highest BCUT2D eigenvalue weighted by molar-refractivity contribution is 5.81. The molecule has 0 radical (unpaired) electrons. The molecule has 0 fully saturated rings. The zero-order chi connectivity index (χ0) is 9.97. The van der Waals surface area contributed by atoms with Crippen molar-refractivity contribution >= 4 is 10.9 Å². The van der Waals surface area contributed by atoms with Crippen molar-refractivity contribution in [2.24, 2.45) is 0 Å². The minimum absolute atomic E-state index is 0.341. The third-order valence-corrected chi connectivity index (χ3v) is 2.56. The van der Waals surface area contributed by atoms with Gasteiger partial charge in [-0.25, -0.2) is 0 Å². The second-order valence-corrected chi connectivity index (χ2v) is 3.43. The highest BCUT2D eigenvalue weighted by Crippen LogP contribution is 2.21. The Morgan fingerprint density at radius 1 is 1.21 bits per heavy atom. The molecule has 1 aromatic heterocycles. The Hall–Kier alpha value is -1.41. The van der Waals surface area contributed by atoms with Gasteiger partial charge in [0.15, 0.2) is 0 Å². The van der Waals surface area contributed by atoms with Gasteiger partial charge in [-0.05, 0) is 25.6 Å². The molecule has 0 saturated heterocycles. The topological polar surface area (TPSA) is 24.9 Å². The molecule has 2 rings (SSSR count). The van der Waals surface area contributed by atoms with Gasteiger partial charge < -0.3 is 5.32 Å². The number of hydrogen-bond acceptors (Lipinski definition) is 2. The lowest BCUT2D eigenvalue weighted by molar-refractivity contribution is 0.656. The highest BCUT2D eigenvalue weighted by Gasteiger charge is 2.06. The summed E-state index contributed by atoms with van der Waals surface area (Å²) >= 11 is 0. The van der Waals surface area contributed by atoms with Crippen LogP contribution in [-0.2, 0) is 0 Å². The van der Waals surface area contributed by atoms with Crippen molar-refractivity contribution < 1.29 is 0 Å². The monoisotopic (exact) mass is 186 g/mol. The molecule has 1 atom stereocenters. The van der Waals surface area contributed by atoms with Crippen LogP contribution < -0.4 is 5.32 Å². The molecule has 0 bridgehead atoms. The standard InChI is InChI=1S/C12H14N2/c1-9(13-2)11-7-3-5-10-6-4-8-14-12(10)11/h3-9,13H,1-2H3. The summed E-state index contributed by atoms with van der Waals surface area (Å²) in [6.07, 6.45) is 1.84. The summed E-state index contributed by atoms with van der Waals surface area (Å²) in [5.74, 6) is 0. The fourth-order valence-corrected chi connectivity index (χ4v) is 1.63. The number of hydrogen-bond donors (Lipinski definition) is 1. The van der Waals surface area contributed by atoms with Crippen LogP contribution in [0.3, 0.4) is 0 Å². The zero-order valence-corrected chi connectivity index (χ0v) is 8.49. The van der Waals surface area contributed by atoms with E-state index in [1.165, 1.54) is 10.9 Å². The molecule has 0 saturated carbocycles.